The second-order valence-corrected chi connectivity index (χ2v) is 5.95. The van der Waals surface area contributed by atoms with Crippen molar-refractivity contribution in [3.63, 3.8) is 0 Å². The third-order valence-electron chi connectivity index (χ3n) is 3.52. The first-order valence-electron chi connectivity index (χ1n) is 6.26. The van der Waals surface area contributed by atoms with Crippen LogP contribution in [0.2, 0.25) is 0 Å². The molecule has 0 bridgehead atoms. The number of hydrogen-bond donors (Lipinski definition) is 1. The summed E-state index contributed by atoms with van der Waals surface area (Å²) in [5.41, 5.74) is 0. The SMILES string of the molecule is CC1(C)OCC(C2NC2C2COC(C)(C)O2)O1. The van der Waals surface area contributed by atoms with Gasteiger partial charge in [-0.05, 0) is 27.7 Å². The van der Waals surface area contributed by atoms with Gasteiger partial charge in [-0.1, -0.05) is 0 Å². The van der Waals surface area contributed by atoms with Crippen molar-refractivity contribution in [3.05, 3.63) is 0 Å². The number of ether oxygens (including phenoxy) is 4. The Hall–Kier alpha value is -0.200. The Balaban J connectivity index is 1.54. The average Bonchev–Trinajstić information content (AvgIpc) is 2.81. The molecule has 3 saturated heterocycles. The van der Waals surface area contributed by atoms with Gasteiger partial charge in [0.2, 0.25) is 0 Å². The van der Waals surface area contributed by atoms with Crippen LogP contribution in [-0.4, -0.2) is 49.1 Å². The Labute approximate surface area is 102 Å². The van der Waals surface area contributed by atoms with E-state index >= 15 is 0 Å². The van der Waals surface area contributed by atoms with Crippen molar-refractivity contribution >= 4 is 0 Å². The van der Waals surface area contributed by atoms with Crippen molar-refractivity contribution in [2.75, 3.05) is 13.2 Å². The molecular weight excluding hydrogens is 222 g/mol. The number of rotatable bonds is 2. The molecule has 3 rings (SSSR count). The maximum absolute atomic E-state index is 5.83. The summed E-state index contributed by atoms with van der Waals surface area (Å²) in [5.74, 6) is -0.905. The van der Waals surface area contributed by atoms with E-state index in [9.17, 15) is 0 Å². The molecule has 5 nitrogen and oxygen atoms in total. The van der Waals surface area contributed by atoms with Gasteiger partial charge in [0.15, 0.2) is 11.6 Å². The van der Waals surface area contributed by atoms with Crippen molar-refractivity contribution in [3.8, 4) is 0 Å². The van der Waals surface area contributed by atoms with E-state index in [4.69, 9.17) is 18.9 Å². The zero-order chi connectivity index (χ0) is 12.3. The van der Waals surface area contributed by atoms with Crippen LogP contribution < -0.4 is 5.32 Å². The molecule has 0 radical (unpaired) electrons. The summed E-state index contributed by atoms with van der Waals surface area (Å²) >= 11 is 0. The van der Waals surface area contributed by atoms with Gasteiger partial charge >= 0.3 is 0 Å². The fourth-order valence-electron chi connectivity index (χ4n) is 2.63. The van der Waals surface area contributed by atoms with Gasteiger partial charge in [0, 0.05) is 0 Å². The van der Waals surface area contributed by atoms with Crippen LogP contribution in [0, 0.1) is 0 Å². The molecule has 0 aliphatic carbocycles. The van der Waals surface area contributed by atoms with Crippen LogP contribution >= 0.6 is 0 Å². The van der Waals surface area contributed by atoms with Crippen molar-refractivity contribution in [1.82, 2.24) is 5.32 Å². The van der Waals surface area contributed by atoms with E-state index in [2.05, 4.69) is 5.32 Å². The van der Waals surface area contributed by atoms with Crippen LogP contribution in [0.15, 0.2) is 0 Å². The highest BCUT2D eigenvalue weighted by Gasteiger charge is 2.54. The Morgan fingerprint density at radius 1 is 0.824 bits per heavy atom. The van der Waals surface area contributed by atoms with Gasteiger partial charge in [-0.25, -0.2) is 0 Å². The first-order valence-corrected chi connectivity index (χ1v) is 6.26. The molecule has 3 heterocycles. The quantitative estimate of drug-likeness (QED) is 0.721. The molecule has 0 amide bonds. The smallest absolute Gasteiger partial charge is 0.163 e. The molecule has 4 atom stereocenters. The van der Waals surface area contributed by atoms with Gasteiger partial charge in [0.05, 0.1) is 25.3 Å². The molecule has 1 N–H and O–H groups in total. The Morgan fingerprint density at radius 2 is 1.24 bits per heavy atom. The Kier molecular flexibility index (Phi) is 2.55. The highest BCUT2D eigenvalue weighted by molar-refractivity contribution is 5.09. The van der Waals surface area contributed by atoms with Crippen LogP contribution in [0.1, 0.15) is 27.7 Å². The summed E-state index contributed by atoms with van der Waals surface area (Å²) in [5, 5.41) is 3.42. The lowest BCUT2D eigenvalue weighted by atomic mass is 10.1. The standard InChI is InChI=1S/C12H21NO4/c1-11(2)14-5-7(16-11)9-10(13-9)8-6-15-12(3,4)17-8/h7-10,13H,5-6H2,1-4H3. The van der Waals surface area contributed by atoms with E-state index in [1.165, 1.54) is 0 Å². The lowest BCUT2D eigenvalue weighted by molar-refractivity contribution is -0.142. The third kappa shape index (κ3) is 2.35. The second-order valence-electron chi connectivity index (χ2n) is 5.95. The van der Waals surface area contributed by atoms with Crippen molar-refractivity contribution in [2.45, 2.75) is 63.6 Å². The van der Waals surface area contributed by atoms with Crippen LogP contribution in [0.5, 0.6) is 0 Å². The highest BCUT2D eigenvalue weighted by atomic mass is 16.8. The minimum atomic E-state index is -0.453. The molecule has 5 heteroatoms. The Morgan fingerprint density at radius 3 is 1.53 bits per heavy atom. The third-order valence-corrected chi connectivity index (χ3v) is 3.52. The maximum Gasteiger partial charge on any atom is 0.163 e. The zero-order valence-electron chi connectivity index (χ0n) is 10.9. The van der Waals surface area contributed by atoms with Crippen LogP contribution in [-0.2, 0) is 18.9 Å². The number of nitrogens with one attached hydrogen (secondary N) is 1. The van der Waals surface area contributed by atoms with E-state index in [1.54, 1.807) is 0 Å². The molecule has 0 aromatic rings. The van der Waals surface area contributed by atoms with Crippen molar-refractivity contribution in [2.24, 2.45) is 0 Å². The second kappa shape index (κ2) is 3.65. The topological polar surface area (TPSA) is 58.9 Å². The van der Waals surface area contributed by atoms with Gasteiger partial charge in [-0.2, -0.15) is 0 Å². The van der Waals surface area contributed by atoms with E-state index in [0.29, 0.717) is 25.3 Å². The van der Waals surface area contributed by atoms with Crippen molar-refractivity contribution in [1.29, 1.82) is 0 Å². The van der Waals surface area contributed by atoms with Crippen molar-refractivity contribution < 1.29 is 18.9 Å². The fraction of sp³-hybridized carbons (Fsp3) is 1.00. The monoisotopic (exact) mass is 243 g/mol. The van der Waals surface area contributed by atoms with E-state index in [1.807, 2.05) is 27.7 Å². The lowest BCUT2D eigenvalue weighted by Crippen LogP contribution is -2.30. The molecule has 0 spiro atoms. The molecule has 3 aliphatic rings. The molecule has 3 aliphatic heterocycles. The molecule has 0 aromatic carbocycles. The largest absolute Gasteiger partial charge is 0.348 e. The maximum atomic E-state index is 5.83. The van der Waals surface area contributed by atoms with Gasteiger partial charge < -0.3 is 24.3 Å². The summed E-state index contributed by atoms with van der Waals surface area (Å²) in [4.78, 5) is 0. The highest BCUT2D eigenvalue weighted by Crippen LogP contribution is 2.35. The first kappa shape index (κ1) is 11.9. The van der Waals surface area contributed by atoms with Crippen LogP contribution in [0.4, 0.5) is 0 Å². The van der Waals surface area contributed by atoms with Gasteiger partial charge in [-0.15, -0.1) is 0 Å². The van der Waals surface area contributed by atoms with E-state index in [-0.39, 0.29) is 12.2 Å². The summed E-state index contributed by atoms with van der Waals surface area (Å²) in [6, 6.07) is 0.665. The predicted octanol–water partition coefficient (Wildman–Crippen LogP) is 0.630. The first-order chi connectivity index (χ1) is 7.86. The molecule has 3 fully saturated rings. The van der Waals surface area contributed by atoms with E-state index in [0.717, 1.165) is 0 Å². The summed E-state index contributed by atoms with van der Waals surface area (Å²) in [7, 11) is 0. The lowest BCUT2D eigenvalue weighted by Gasteiger charge is -2.18. The average molecular weight is 243 g/mol. The van der Waals surface area contributed by atoms with E-state index < -0.39 is 11.6 Å². The van der Waals surface area contributed by atoms with Gasteiger partial charge in [0.1, 0.15) is 12.2 Å². The normalized spacial score (nSPS) is 47.3. The molecular formula is C12H21NO4. The van der Waals surface area contributed by atoms with Crippen LogP contribution in [0.25, 0.3) is 0 Å². The fourth-order valence-corrected chi connectivity index (χ4v) is 2.63. The van der Waals surface area contributed by atoms with Gasteiger partial charge in [-0.3, -0.25) is 0 Å². The number of hydrogen-bond acceptors (Lipinski definition) is 5. The molecule has 98 valence electrons. The molecule has 0 aromatic heterocycles. The summed E-state index contributed by atoms with van der Waals surface area (Å²) in [6.07, 6.45) is 0.254. The molecule has 4 unspecified atom stereocenters. The minimum absolute atomic E-state index is 0.127. The molecule has 0 saturated carbocycles. The Bertz CT molecular complexity index is 288. The predicted molar refractivity (Wildman–Crippen MR) is 60.5 cm³/mol. The van der Waals surface area contributed by atoms with Crippen LogP contribution in [0.3, 0.4) is 0 Å². The van der Waals surface area contributed by atoms with Gasteiger partial charge in [0.25, 0.3) is 0 Å². The minimum Gasteiger partial charge on any atom is -0.348 e. The summed E-state index contributed by atoms with van der Waals surface area (Å²) < 4.78 is 22.8. The molecule has 17 heavy (non-hydrogen) atoms. The summed E-state index contributed by atoms with van der Waals surface area (Å²) in [6.45, 7) is 9.09. The zero-order valence-corrected chi connectivity index (χ0v) is 10.9.